The first-order valence-corrected chi connectivity index (χ1v) is 7.94. The number of aryl methyl sites for hydroxylation is 1. The maximum absolute atomic E-state index is 3.57. The average Bonchev–Trinajstić information content (AvgIpc) is 2.46. The van der Waals surface area contributed by atoms with Crippen LogP contribution in [0.2, 0.25) is 0 Å². The largest absolute Gasteiger partial charge is 0.382 e. The molecule has 0 fully saturated rings. The van der Waals surface area contributed by atoms with Gasteiger partial charge in [0.1, 0.15) is 0 Å². The molecule has 0 amide bonds. The Morgan fingerprint density at radius 1 is 0.952 bits per heavy atom. The predicted molar refractivity (Wildman–Crippen MR) is 92.0 cm³/mol. The summed E-state index contributed by atoms with van der Waals surface area (Å²) in [5, 5.41) is 3.57. The van der Waals surface area contributed by atoms with E-state index in [1.807, 2.05) is 0 Å². The highest BCUT2D eigenvalue weighted by molar-refractivity contribution is 5.69. The maximum atomic E-state index is 3.57. The first-order chi connectivity index (χ1) is 9.93. The number of hydrogen-bond acceptors (Lipinski definition) is 1. The second kappa shape index (κ2) is 5.22. The molecule has 0 radical (unpaired) electrons. The van der Waals surface area contributed by atoms with Gasteiger partial charge in [0.05, 0.1) is 0 Å². The Balaban J connectivity index is 1.91. The van der Waals surface area contributed by atoms with Crippen LogP contribution in [0.3, 0.4) is 0 Å². The Morgan fingerprint density at radius 3 is 2.29 bits per heavy atom. The second-order valence-electron chi connectivity index (χ2n) is 7.28. The summed E-state index contributed by atoms with van der Waals surface area (Å²) in [4.78, 5) is 0. The minimum absolute atomic E-state index is 0.217. The second-order valence-corrected chi connectivity index (χ2v) is 7.28. The molecule has 0 aliphatic carbocycles. The van der Waals surface area contributed by atoms with Gasteiger partial charge in [0.15, 0.2) is 0 Å². The van der Waals surface area contributed by atoms with Crippen molar-refractivity contribution in [2.24, 2.45) is 0 Å². The van der Waals surface area contributed by atoms with Gasteiger partial charge in [0.2, 0.25) is 0 Å². The van der Waals surface area contributed by atoms with E-state index >= 15 is 0 Å². The van der Waals surface area contributed by atoms with Crippen LogP contribution in [0, 0.1) is 0 Å². The van der Waals surface area contributed by atoms with Gasteiger partial charge in [-0.1, -0.05) is 51.1 Å². The molecule has 0 saturated carbocycles. The van der Waals surface area contributed by atoms with E-state index in [4.69, 9.17) is 0 Å². The fraction of sp³-hybridized carbons (Fsp3) is 0.400. The molecule has 0 saturated heterocycles. The summed E-state index contributed by atoms with van der Waals surface area (Å²) in [6, 6.07) is 16.4. The van der Waals surface area contributed by atoms with Crippen molar-refractivity contribution >= 4 is 5.69 Å². The number of fused-ring (bicyclic) bond motifs is 1. The van der Waals surface area contributed by atoms with E-state index in [9.17, 15) is 0 Å². The van der Waals surface area contributed by atoms with E-state index in [0.29, 0.717) is 6.04 Å². The van der Waals surface area contributed by atoms with Gasteiger partial charge in [-0.15, -0.1) is 0 Å². The normalized spacial score (nSPS) is 18.0. The molecule has 1 nitrogen and oxygen atoms in total. The average molecular weight is 279 g/mol. The molecule has 1 heteroatoms. The summed E-state index contributed by atoms with van der Waals surface area (Å²) in [6.07, 6.45) is 2.40. The fourth-order valence-electron chi connectivity index (χ4n) is 2.99. The van der Waals surface area contributed by atoms with Crippen LogP contribution in [0.15, 0.2) is 42.5 Å². The van der Waals surface area contributed by atoms with Crippen LogP contribution in [-0.2, 0) is 11.8 Å². The van der Waals surface area contributed by atoms with E-state index in [1.54, 1.807) is 0 Å². The van der Waals surface area contributed by atoms with Crippen LogP contribution in [0.5, 0.6) is 0 Å². The monoisotopic (exact) mass is 279 g/mol. The fourth-order valence-corrected chi connectivity index (χ4v) is 2.99. The van der Waals surface area contributed by atoms with Crippen LogP contribution in [0.1, 0.15) is 45.2 Å². The van der Waals surface area contributed by atoms with Crippen LogP contribution < -0.4 is 5.32 Å². The van der Waals surface area contributed by atoms with Crippen LogP contribution >= 0.6 is 0 Å². The summed E-state index contributed by atoms with van der Waals surface area (Å²) >= 11 is 0. The highest BCUT2D eigenvalue weighted by atomic mass is 14.9. The van der Waals surface area contributed by atoms with Gasteiger partial charge >= 0.3 is 0 Å². The third-order valence-corrected chi connectivity index (χ3v) is 4.44. The molecule has 2 aromatic carbocycles. The molecule has 3 rings (SSSR count). The molecule has 1 aliphatic heterocycles. The van der Waals surface area contributed by atoms with Crippen molar-refractivity contribution < 1.29 is 0 Å². The van der Waals surface area contributed by atoms with Gasteiger partial charge in [0.25, 0.3) is 0 Å². The number of rotatable bonds is 1. The Labute approximate surface area is 128 Å². The number of nitrogens with one attached hydrogen (secondary N) is 1. The van der Waals surface area contributed by atoms with Crippen molar-refractivity contribution in [3.63, 3.8) is 0 Å². The Hall–Kier alpha value is -1.76. The zero-order valence-corrected chi connectivity index (χ0v) is 13.5. The molecule has 1 N–H and O–H groups in total. The molecule has 2 aromatic rings. The van der Waals surface area contributed by atoms with Gasteiger partial charge in [-0.2, -0.15) is 0 Å². The summed E-state index contributed by atoms with van der Waals surface area (Å²) in [5.74, 6) is 0. The molecule has 110 valence electrons. The van der Waals surface area contributed by atoms with Gasteiger partial charge in [-0.05, 0) is 59.6 Å². The topological polar surface area (TPSA) is 12.0 Å². The van der Waals surface area contributed by atoms with E-state index in [-0.39, 0.29) is 5.41 Å². The molecule has 1 aliphatic rings. The number of hydrogen-bond donors (Lipinski definition) is 1. The van der Waals surface area contributed by atoms with Crippen molar-refractivity contribution in [2.45, 2.75) is 52.0 Å². The first-order valence-electron chi connectivity index (χ1n) is 7.94. The van der Waals surface area contributed by atoms with Crippen molar-refractivity contribution in [1.82, 2.24) is 0 Å². The minimum Gasteiger partial charge on any atom is -0.382 e. The lowest BCUT2D eigenvalue weighted by atomic mass is 9.86. The number of anilines is 1. The third-order valence-electron chi connectivity index (χ3n) is 4.44. The van der Waals surface area contributed by atoms with Crippen molar-refractivity contribution in [3.05, 3.63) is 53.6 Å². The highest BCUT2D eigenvalue weighted by Gasteiger charge is 2.15. The predicted octanol–water partition coefficient (Wildman–Crippen LogP) is 5.40. The molecule has 0 spiro atoms. The SMILES string of the molecule is CC1CCc2cc(-c3ccc(C(C)(C)C)cc3)ccc2N1. The molecular weight excluding hydrogens is 254 g/mol. The van der Waals surface area contributed by atoms with Gasteiger partial charge in [-0.3, -0.25) is 0 Å². The lowest BCUT2D eigenvalue weighted by Crippen LogP contribution is -2.21. The van der Waals surface area contributed by atoms with Crippen LogP contribution in [-0.4, -0.2) is 6.04 Å². The molecule has 0 aromatic heterocycles. The zero-order valence-electron chi connectivity index (χ0n) is 13.5. The zero-order chi connectivity index (χ0) is 15.0. The Bertz CT molecular complexity index is 632. The van der Waals surface area contributed by atoms with Crippen LogP contribution in [0.25, 0.3) is 11.1 Å². The number of benzene rings is 2. The molecule has 1 heterocycles. The standard InChI is InChI=1S/C20H25N/c1-14-5-6-17-13-16(9-12-19(17)21-14)15-7-10-18(11-8-15)20(2,3)4/h7-14,21H,5-6H2,1-4H3. The van der Waals surface area contributed by atoms with Gasteiger partial charge < -0.3 is 5.32 Å². The summed E-state index contributed by atoms with van der Waals surface area (Å²) < 4.78 is 0. The Morgan fingerprint density at radius 2 is 1.62 bits per heavy atom. The van der Waals surface area contributed by atoms with E-state index in [0.717, 1.165) is 0 Å². The van der Waals surface area contributed by atoms with Crippen molar-refractivity contribution in [2.75, 3.05) is 5.32 Å². The molecule has 0 bridgehead atoms. The highest BCUT2D eigenvalue weighted by Crippen LogP contribution is 2.31. The molecular formula is C20H25N. The van der Waals surface area contributed by atoms with Crippen molar-refractivity contribution in [1.29, 1.82) is 0 Å². The minimum atomic E-state index is 0.217. The molecule has 21 heavy (non-hydrogen) atoms. The quantitative estimate of drug-likeness (QED) is 0.737. The summed E-state index contributed by atoms with van der Waals surface area (Å²) in [6.45, 7) is 9.03. The third kappa shape index (κ3) is 2.97. The summed E-state index contributed by atoms with van der Waals surface area (Å²) in [5.41, 5.74) is 7.00. The molecule has 1 unspecified atom stereocenters. The van der Waals surface area contributed by atoms with E-state index < -0.39 is 0 Å². The van der Waals surface area contributed by atoms with E-state index in [1.165, 1.54) is 40.8 Å². The van der Waals surface area contributed by atoms with Crippen molar-refractivity contribution in [3.8, 4) is 11.1 Å². The van der Waals surface area contributed by atoms with Crippen LogP contribution in [0.4, 0.5) is 5.69 Å². The maximum Gasteiger partial charge on any atom is 0.0375 e. The first kappa shape index (κ1) is 14.2. The lowest BCUT2D eigenvalue weighted by Gasteiger charge is -2.24. The van der Waals surface area contributed by atoms with E-state index in [2.05, 4.69) is 75.5 Å². The van der Waals surface area contributed by atoms with Gasteiger partial charge in [-0.25, -0.2) is 0 Å². The Kier molecular flexibility index (Phi) is 3.52. The molecule has 1 atom stereocenters. The van der Waals surface area contributed by atoms with Gasteiger partial charge in [0, 0.05) is 11.7 Å². The smallest absolute Gasteiger partial charge is 0.0375 e. The summed E-state index contributed by atoms with van der Waals surface area (Å²) in [7, 11) is 0. The lowest BCUT2D eigenvalue weighted by molar-refractivity contribution is 0.590.